The van der Waals surface area contributed by atoms with E-state index in [4.69, 9.17) is 10.8 Å². The molecule has 0 aliphatic heterocycles. The number of nitrogens with zero attached hydrogens (tertiary/aromatic N) is 1. The maximum Gasteiger partial charge on any atom is 0.123 e. The van der Waals surface area contributed by atoms with Crippen molar-refractivity contribution in [3.8, 4) is 0 Å². The minimum atomic E-state index is -0.237. The van der Waals surface area contributed by atoms with Crippen molar-refractivity contribution in [1.82, 2.24) is 4.90 Å². The van der Waals surface area contributed by atoms with E-state index in [-0.39, 0.29) is 12.4 Å². The topological polar surface area (TPSA) is 49.5 Å². The van der Waals surface area contributed by atoms with Gasteiger partial charge in [-0.05, 0) is 43.5 Å². The van der Waals surface area contributed by atoms with Crippen LogP contribution in [0, 0.1) is 5.82 Å². The van der Waals surface area contributed by atoms with Crippen LogP contribution in [0.3, 0.4) is 0 Å². The van der Waals surface area contributed by atoms with Crippen molar-refractivity contribution in [2.75, 3.05) is 13.2 Å². The highest BCUT2D eigenvalue weighted by molar-refractivity contribution is 5.24. The Labute approximate surface area is 108 Å². The molecule has 0 aromatic heterocycles. The number of hydrogen-bond acceptors (Lipinski definition) is 3. The summed E-state index contributed by atoms with van der Waals surface area (Å²) in [6.45, 7) is 6.22. The van der Waals surface area contributed by atoms with Gasteiger partial charge in [-0.25, -0.2) is 4.39 Å². The van der Waals surface area contributed by atoms with E-state index in [0.717, 1.165) is 24.1 Å². The fraction of sp³-hybridized carbons (Fsp3) is 0.571. The molecule has 0 saturated heterocycles. The summed E-state index contributed by atoms with van der Waals surface area (Å²) in [5.41, 5.74) is 7.29. The molecule has 0 amide bonds. The molecule has 0 spiro atoms. The number of nitrogens with two attached hydrogens (primary N) is 1. The third-order valence-electron chi connectivity index (χ3n) is 2.97. The van der Waals surface area contributed by atoms with Crippen molar-refractivity contribution < 1.29 is 9.50 Å². The molecule has 3 nitrogen and oxygen atoms in total. The minimum absolute atomic E-state index is 0.181. The van der Waals surface area contributed by atoms with Gasteiger partial charge in [-0.15, -0.1) is 0 Å². The highest BCUT2D eigenvalue weighted by Crippen LogP contribution is 2.13. The zero-order valence-electron chi connectivity index (χ0n) is 11.2. The molecule has 0 bridgehead atoms. The second-order valence-electron chi connectivity index (χ2n) is 4.81. The molecule has 4 heteroatoms. The van der Waals surface area contributed by atoms with Crippen molar-refractivity contribution >= 4 is 0 Å². The van der Waals surface area contributed by atoms with Gasteiger partial charge in [0.15, 0.2) is 0 Å². The first-order chi connectivity index (χ1) is 8.56. The standard InChI is InChI=1S/C14H23FN2O/c1-11(2)17(4-3-5-18)10-13-6-12(9-16)7-14(15)8-13/h6-8,11,18H,3-5,9-10,16H2,1-2H3. The first kappa shape index (κ1) is 15.1. The molecule has 0 aliphatic carbocycles. The molecule has 0 aliphatic rings. The summed E-state index contributed by atoms with van der Waals surface area (Å²) >= 11 is 0. The van der Waals surface area contributed by atoms with Crippen molar-refractivity contribution in [2.45, 2.75) is 39.4 Å². The number of rotatable bonds is 7. The summed E-state index contributed by atoms with van der Waals surface area (Å²) < 4.78 is 13.4. The molecule has 102 valence electrons. The second kappa shape index (κ2) is 7.46. The maximum atomic E-state index is 13.4. The van der Waals surface area contributed by atoms with Gasteiger partial charge in [-0.2, -0.15) is 0 Å². The zero-order chi connectivity index (χ0) is 13.5. The van der Waals surface area contributed by atoms with Crippen molar-refractivity contribution in [3.05, 3.63) is 35.1 Å². The fourth-order valence-corrected chi connectivity index (χ4v) is 1.95. The van der Waals surface area contributed by atoms with Crippen LogP contribution in [0.15, 0.2) is 18.2 Å². The summed E-state index contributed by atoms with van der Waals surface area (Å²) in [4.78, 5) is 2.21. The molecule has 18 heavy (non-hydrogen) atoms. The number of aliphatic hydroxyl groups is 1. The van der Waals surface area contributed by atoms with Crippen LogP contribution < -0.4 is 5.73 Å². The van der Waals surface area contributed by atoms with Gasteiger partial charge < -0.3 is 10.8 Å². The highest BCUT2D eigenvalue weighted by atomic mass is 19.1. The van der Waals surface area contributed by atoms with Gasteiger partial charge in [0.25, 0.3) is 0 Å². The lowest BCUT2D eigenvalue weighted by Gasteiger charge is -2.26. The summed E-state index contributed by atoms with van der Waals surface area (Å²) in [6, 6.07) is 5.32. The summed E-state index contributed by atoms with van der Waals surface area (Å²) in [5, 5.41) is 8.89. The van der Waals surface area contributed by atoms with E-state index in [1.54, 1.807) is 6.07 Å². The Morgan fingerprint density at radius 1 is 1.28 bits per heavy atom. The van der Waals surface area contributed by atoms with Gasteiger partial charge in [0.05, 0.1) is 0 Å². The fourth-order valence-electron chi connectivity index (χ4n) is 1.95. The van der Waals surface area contributed by atoms with Crippen molar-refractivity contribution in [3.63, 3.8) is 0 Å². The van der Waals surface area contributed by atoms with E-state index < -0.39 is 0 Å². The van der Waals surface area contributed by atoms with E-state index in [1.807, 2.05) is 6.07 Å². The third kappa shape index (κ3) is 4.72. The Morgan fingerprint density at radius 2 is 1.94 bits per heavy atom. The van der Waals surface area contributed by atoms with Crippen LogP contribution in [-0.4, -0.2) is 29.2 Å². The van der Waals surface area contributed by atoms with Crippen LogP contribution in [-0.2, 0) is 13.1 Å². The molecule has 1 rings (SSSR count). The normalized spacial score (nSPS) is 11.5. The Hall–Kier alpha value is -0.970. The van der Waals surface area contributed by atoms with Crippen LogP contribution in [0.1, 0.15) is 31.4 Å². The van der Waals surface area contributed by atoms with Crippen LogP contribution in [0.4, 0.5) is 4.39 Å². The van der Waals surface area contributed by atoms with Crippen LogP contribution >= 0.6 is 0 Å². The number of hydrogen-bond donors (Lipinski definition) is 2. The lowest BCUT2D eigenvalue weighted by molar-refractivity contribution is 0.184. The summed E-state index contributed by atoms with van der Waals surface area (Å²) in [7, 11) is 0. The molecular weight excluding hydrogens is 231 g/mol. The van der Waals surface area contributed by atoms with Gasteiger partial charge >= 0.3 is 0 Å². The van der Waals surface area contributed by atoms with E-state index in [1.165, 1.54) is 6.07 Å². The van der Waals surface area contributed by atoms with Gasteiger partial charge in [-0.3, -0.25) is 4.90 Å². The molecule has 0 atom stereocenters. The summed E-state index contributed by atoms with van der Waals surface area (Å²) in [5.74, 6) is -0.237. The first-order valence-corrected chi connectivity index (χ1v) is 6.40. The SMILES string of the molecule is CC(C)N(CCCO)Cc1cc(F)cc(CN)c1. The minimum Gasteiger partial charge on any atom is -0.396 e. The van der Waals surface area contributed by atoms with E-state index in [0.29, 0.717) is 19.1 Å². The molecule has 1 aromatic rings. The van der Waals surface area contributed by atoms with Gasteiger partial charge in [0, 0.05) is 32.3 Å². The van der Waals surface area contributed by atoms with E-state index in [2.05, 4.69) is 18.7 Å². The zero-order valence-corrected chi connectivity index (χ0v) is 11.2. The molecule has 1 aromatic carbocycles. The summed E-state index contributed by atoms with van der Waals surface area (Å²) in [6.07, 6.45) is 0.733. The molecule has 3 N–H and O–H groups in total. The van der Waals surface area contributed by atoms with Crippen LogP contribution in [0.5, 0.6) is 0 Å². The van der Waals surface area contributed by atoms with Gasteiger partial charge in [-0.1, -0.05) is 6.07 Å². The number of aliphatic hydroxyl groups excluding tert-OH is 1. The van der Waals surface area contributed by atoms with Crippen LogP contribution in [0.25, 0.3) is 0 Å². The lowest BCUT2D eigenvalue weighted by Crippen LogP contribution is -2.31. The Balaban J connectivity index is 2.76. The Kier molecular flexibility index (Phi) is 6.25. The van der Waals surface area contributed by atoms with E-state index >= 15 is 0 Å². The average Bonchev–Trinajstić information content (AvgIpc) is 2.33. The third-order valence-corrected chi connectivity index (χ3v) is 2.97. The highest BCUT2D eigenvalue weighted by Gasteiger charge is 2.10. The molecule has 0 fully saturated rings. The molecule has 0 saturated carbocycles. The lowest BCUT2D eigenvalue weighted by atomic mass is 10.1. The van der Waals surface area contributed by atoms with Crippen molar-refractivity contribution in [1.29, 1.82) is 0 Å². The molecular formula is C14H23FN2O. The van der Waals surface area contributed by atoms with Crippen molar-refractivity contribution in [2.24, 2.45) is 5.73 Å². The van der Waals surface area contributed by atoms with Gasteiger partial charge in [0.1, 0.15) is 5.82 Å². The predicted molar refractivity (Wildman–Crippen MR) is 71.5 cm³/mol. The molecule has 0 unspecified atom stereocenters. The molecule has 0 radical (unpaired) electrons. The largest absolute Gasteiger partial charge is 0.396 e. The average molecular weight is 254 g/mol. The Bertz CT molecular complexity index is 369. The predicted octanol–water partition coefficient (Wildman–Crippen LogP) is 1.88. The first-order valence-electron chi connectivity index (χ1n) is 6.40. The monoisotopic (exact) mass is 254 g/mol. The number of halogens is 1. The van der Waals surface area contributed by atoms with Crippen LogP contribution in [0.2, 0.25) is 0 Å². The number of benzene rings is 1. The quantitative estimate of drug-likeness (QED) is 0.781. The maximum absolute atomic E-state index is 13.4. The van der Waals surface area contributed by atoms with E-state index in [9.17, 15) is 4.39 Å². The Morgan fingerprint density at radius 3 is 2.50 bits per heavy atom. The smallest absolute Gasteiger partial charge is 0.123 e. The second-order valence-corrected chi connectivity index (χ2v) is 4.81. The molecule has 0 heterocycles. The van der Waals surface area contributed by atoms with Gasteiger partial charge in [0.2, 0.25) is 0 Å².